The van der Waals surface area contributed by atoms with Crippen molar-refractivity contribution in [2.45, 2.75) is 20.1 Å². The molecular weight excluding hydrogens is 250 g/mol. The molecule has 0 aliphatic heterocycles. The van der Waals surface area contributed by atoms with Crippen LogP contribution in [0.3, 0.4) is 0 Å². The lowest BCUT2D eigenvalue weighted by Crippen LogP contribution is -1.99. The van der Waals surface area contributed by atoms with Crippen molar-refractivity contribution >= 4 is 5.65 Å². The number of imidazole rings is 1. The molecule has 3 aromatic rings. The topological polar surface area (TPSA) is 52.5 Å². The lowest BCUT2D eigenvalue weighted by atomic mass is 10.2. The molecule has 2 heterocycles. The van der Waals surface area contributed by atoms with E-state index < -0.39 is 0 Å². The largest absolute Gasteiger partial charge is 0.487 e. The molecule has 0 aliphatic rings. The molecule has 3 rings (SSSR count). The van der Waals surface area contributed by atoms with Crippen LogP contribution in [0.15, 0.2) is 48.8 Å². The fourth-order valence-electron chi connectivity index (χ4n) is 2.14. The zero-order valence-electron chi connectivity index (χ0n) is 11.4. The predicted octanol–water partition coefficient (Wildman–Crippen LogP) is 2.68. The van der Waals surface area contributed by atoms with Crippen LogP contribution >= 0.6 is 0 Å². The number of aromatic nitrogens is 2. The third-order valence-corrected chi connectivity index (χ3v) is 3.17. The number of ether oxygens (including phenoxy) is 1. The van der Waals surface area contributed by atoms with E-state index in [2.05, 4.69) is 24.2 Å². The summed E-state index contributed by atoms with van der Waals surface area (Å²) < 4.78 is 7.78. The summed E-state index contributed by atoms with van der Waals surface area (Å²) in [5.74, 6) is 0.821. The number of aryl methyl sites for hydroxylation is 1. The Labute approximate surface area is 117 Å². The van der Waals surface area contributed by atoms with Gasteiger partial charge in [-0.15, -0.1) is 0 Å². The summed E-state index contributed by atoms with van der Waals surface area (Å²) in [6.45, 7) is 3.04. The average molecular weight is 267 g/mol. The molecule has 0 fully saturated rings. The van der Waals surface area contributed by atoms with Crippen molar-refractivity contribution < 1.29 is 4.74 Å². The van der Waals surface area contributed by atoms with Gasteiger partial charge < -0.3 is 14.9 Å². The van der Waals surface area contributed by atoms with Crippen LogP contribution in [0.1, 0.15) is 16.8 Å². The summed E-state index contributed by atoms with van der Waals surface area (Å²) in [5, 5.41) is 0. The number of nitrogens with zero attached hydrogens (tertiary/aromatic N) is 2. The number of hydrogen-bond acceptors (Lipinski definition) is 3. The van der Waals surface area contributed by atoms with Gasteiger partial charge in [0.1, 0.15) is 18.0 Å². The van der Waals surface area contributed by atoms with Crippen LogP contribution in [0, 0.1) is 6.92 Å². The van der Waals surface area contributed by atoms with Gasteiger partial charge >= 0.3 is 0 Å². The molecule has 0 saturated heterocycles. The third kappa shape index (κ3) is 2.65. The number of hydrogen-bond donors (Lipinski definition) is 1. The lowest BCUT2D eigenvalue weighted by molar-refractivity contribution is 0.302. The van der Waals surface area contributed by atoms with Crippen molar-refractivity contribution in [3.05, 3.63) is 65.6 Å². The molecule has 102 valence electrons. The first-order valence-electron chi connectivity index (χ1n) is 6.60. The van der Waals surface area contributed by atoms with E-state index in [1.54, 1.807) is 0 Å². The number of fused-ring (bicyclic) bond motifs is 1. The van der Waals surface area contributed by atoms with Crippen LogP contribution < -0.4 is 10.5 Å². The maximum Gasteiger partial charge on any atom is 0.137 e. The first-order valence-corrected chi connectivity index (χ1v) is 6.60. The van der Waals surface area contributed by atoms with Crippen LogP contribution in [0.5, 0.6) is 5.75 Å². The zero-order chi connectivity index (χ0) is 13.9. The Morgan fingerprint density at radius 3 is 2.95 bits per heavy atom. The zero-order valence-corrected chi connectivity index (χ0v) is 11.4. The first kappa shape index (κ1) is 12.7. The summed E-state index contributed by atoms with van der Waals surface area (Å²) >= 11 is 0. The van der Waals surface area contributed by atoms with Crippen LogP contribution in [-0.2, 0) is 13.2 Å². The van der Waals surface area contributed by atoms with Gasteiger partial charge in [0.25, 0.3) is 0 Å². The van der Waals surface area contributed by atoms with E-state index in [0.29, 0.717) is 13.2 Å². The molecule has 0 atom stereocenters. The third-order valence-electron chi connectivity index (χ3n) is 3.17. The highest BCUT2D eigenvalue weighted by molar-refractivity contribution is 5.41. The van der Waals surface area contributed by atoms with Crippen molar-refractivity contribution in [3.63, 3.8) is 0 Å². The number of nitrogens with two attached hydrogens (primary N) is 1. The van der Waals surface area contributed by atoms with Crippen LogP contribution in [-0.4, -0.2) is 9.38 Å². The minimum absolute atomic E-state index is 0.453. The fourth-order valence-corrected chi connectivity index (χ4v) is 2.14. The van der Waals surface area contributed by atoms with E-state index in [1.807, 2.05) is 40.9 Å². The van der Waals surface area contributed by atoms with E-state index >= 15 is 0 Å². The van der Waals surface area contributed by atoms with Gasteiger partial charge in [0, 0.05) is 18.9 Å². The second-order valence-corrected chi connectivity index (χ2v) is 4.84. The van der Waals surface area contributed by atoms with Gasteiger partial charge in [-0.2, -0.15) is 0 Å². The van der Waals surface area contributed by atoms with Gasteiger partial charge in [0.05, 0.1) is 5.69 Å². The van der Waals surface area contributed by atoms with E-state index in [4.69, 9.17) is 10.5 Å². The monoisotopic (exact) mass is 267 g/mol. The quantitative estimate of drug-likeness (QED) is 0.790. The normalized spacial score (nSPS) is 10.9. The molecule has 20 heavy (non-hydrogen) atoms. The molecule has 4 nitrogen and oxygen atoms in total. The molecule has 0 bridgehead atoms. The van der Waals surface area contributed by atoms with Crippen LogP contribution in [0.2, 0.25) is 0 Å². The van der Waals surface area contributed by atoms with Crippen molar-refractivity contribution in [2.24, 2.45) is 5.73 Å². The Kier molecular flexibility index (Phi) is 3.39. The standard InChI is InChI=1S/C16H17N3O/c1-12-5-6-16-18-14(10-19(16)9-12)11-20-15-4-2-3-13(7-15)8-17/h2-7,9-10H,8,11,17H2,1H3. The Morgan fingerprint density at radius 1 is 1.20 bits per heavy atom. The van der Waals surface area contributed by atoms with Crippen molar-refractivity contribution in [3.8, 4) is 5.75 Å². The van der Waals surface area contributed by atoms with Gasteiger partial charge in [-0.1, -0.05) is 18.2 Å². The molecule has 0 unspecified atom stereocenters. The molecular formula is C16H17N3O. The van der Waals surface area contributed by atoms with Gasteiger partial charge in [-0.3, -0.25) is 0 Å². The van der Waals surface area contributed by atoms with Gasteiger partial charge in [-0.05, 0) is 36.2 Å². The average Bonchev–Trinajstić information content (AvgIpc) is 2.87. The smallest absolute Gasteiger partial charge is 0.137 e. The van der Waals surface area contributed by atoms with Crippen LogP contribution in [0.25, 0.3) is 5.65 Å². The number of pyridine rings is 1. The van der Waals surface area contributed by atoms with Gasteiger partial charge in [-0.25, -0.2) is 4.98 Å². The summed E-state index contributed by atoms with van der Waals surface area (Å²) in [5.41, 5.74) is 9.74. The Balaban J connectivity index is 1.76. The summed E-state index contributed by atoms with van der Waals surface area (Å²) in [7, 11) is 0. The molecule has 4 heteroatoms. The maximum absolute atomic E-state index is 5.76. The molecule has 0 aliphatic carbocycles. The van der Waals surface area contributed by atoms with E-state index in [9.17, 15) is 0 Å². The Hall–Kier alpha value is -2.33. The predicted molar refractivity (Wildman–Crippen MR) is 78.6 cm³/mol. The van der Waals surface area contributed by atoms with Gasteiger partial charge in [0.2, 0.25) is 0 Å². The lowest BCUT2D eigenvalue weighted by Gasteiger charge is -2.05. The van der Waals surface area contributed by atoms with Crippen molar-refractivity contribution in [2.75, 3.05) is 0 Å². The fraction of sp³-hybridized carbons (Fsp3) is 0.188. The Bertz CT molecular complexity index is 733. The highest BCUT2D eigenvalue weighted by atomic mass is 16.5. The first-order chi connectivity index (χ1) is 9.74. The molecule has 0 saturated carbocycles. The van der Waals surface area contributed by atoms with Crippen LogP contribution in [0.4, 0.5) is 0 Å². The van der Waals surface area contributed by atoms with Gasteiger partial charge in [0.15, 0.2) is 0 Å². The van der Waals surface area contributed by atoms with Crippen molar-refractivity contribution in [1.29, 1.82) is 0 Å². The second kappa shape index (κ2) is 5.35. The molecule has 0 amide bonds. The summed E-state index contributed by atoms with van der Waals surface area (Å²) in [4.78, 5) is 4.52. The number of rotatable bonds is 4. The SMILES string of the molecule is Cc1ccc2nc(COc3cccc(CN)c3)cn2c1. The highest BCUT2D eigenvalue weighted by Crippen LogP contribution is 2.15. The molecule has 0 radical (unpaired) electrons. The van der Waals surface area contributed by atoms with E-state index in [0.717, 1.165) is 22.7 Å². The van der Waals surface area contributed by atoms with Crippen molar-refractivity contribution in [1.82, 2.24) is 9.38 Å². The Morgan fingerprint density at radius 2 is 2.10 bits per heavy atom. The summed E-state index contributed by atoms with van der Waals surface area (Å²) in [6, 6.07) is 11.9. The minimum atomic E-state index is 0.453. The molecule has 2 N–H and O–H groups in total. The summed E-state index contributed by atoms with van der Waals surface area (Å²) in [6.07, 6.45) is 4.05. The maximum atomic E-state index is 5.76. The van der Waals surface area contributed by atoms with E-state index in [1.165, 1.54) is 5.56 Å². The molecule has 2 aromatic heterocycles. The minimum Gasteiger partial charge on any atom is -0.487 e. The molecule has 0 spiro atoms. The van der Waals surface area contributed by atoms with E-state index in [-0.39, 0.29) is 0 Å². The second-order valence-electron chi connectivity index (χ2n) is 4.84. The highest BCUT2D eigenvalue weighted by Gasteiger charge is 2.03. The number of benzene rings is 1. The molecule has 1 aromatic carbocycles.